The molecule has 118 valence electrons. The summed E-state index contributed by atoms with van der Waals surface area (Å²) in [7, 11) is -3.58. The van der Waals surface area contributed by atoms with E-state index in [9.17, 15) is 8.42 Å². The first-order chi connectivity index (χ1) is 9.89. The fourth-order valence-electron chi connectivity index (χ4n) is 2.96. The number of benzene rings is 1. The molecule has 0 atom stereocenters. The summed E-state index contributed by atoms with van der Waals surface area (Å²) in [6.45, 7) is 4.08. The number of hydrogen-bond acceptors (Lipinski definition) is 2. The van der Waals surface area contributed by atoms with Crippen LogP contribution in [0.25, 0.3) is 0 Å². The van der Waals surface area contributed by atoms with Crippen LogP contribution in [-0.2, 0) is 10.0 Å². The first kappa shape index (κ1) is 17.1. The molecule has 1 aliphatic carbocycles. The Morgan fingerprint density at radius 1 is 1.19 bits per heavy atom. The zero-order valence-electron chi connectivity index (χ0n) is 12.4. The Morgan fingerprint density at radius 2 is 1.81 bits per heavy atom. The number of halogens is 2. The van der Waals surface area contributed by atoms with Gasteiger partial charge < -0.3 is 0 Å². The van der Waals surface area contributed by atoms with E-state index < -0.39 is 10.0 Å². The van der Waals surface area contributed by atoms with Gasteiger partial charge >= 0.3 is 0 Å². The average Bonchev–Trinajstić information content (AvgIpc) is 2.46. The van der Waals surface area contributed by atoms with Crippen molar-refractivity contribution in [2.75, 3.05) is 6.54 Å². The van der Waals surface area contributed by atoms with Crippen molar-refractivity contribution in [3.63, 3.8) is 0 Å². The van der Waals surface area contributed by atoms with Gasteiger partial charge in [0.15, 0.2) is 0 Å². The van der Waals surface area contributed by atoms with E-state index in [0.29, 0.717) is 17.1 Å². The van der Waals surface area contributed by atoms with Crippen molar-refractivity contribution in [1.29, 1.82) is 0 Å². The van der Waals surface area contributed by atoms with E-state index in [1.807, 2.05) is 6.92 Å². The van der Waals surface area contributed by atoms with E-state index in [4.69, 9.17) is 23.2 Å². The first-order valence-electron chi connectivity index (χ1n) is 7.36. The zero-order chi connectivity index (χ0) is 15.6. The molecule has 0 heterocycles. The van der Waals surface area contributed by atoms with Crippen LogP contribution >= 0.6 is 23.2 Å². The third-order valence-electron chi connectivity index (χ3n) is 4.17. The maximum atomic E-state index is 12.9. The third kappa shape index (κ3) is 3.39. The molecule has 3 nitrogen and oxygen atoms in total. The van der Waals surface area contributed by atoms with Crippen molar-refractivity contribution in [2.24, 2.45) is 0 Å². The van der Waals surface area contributed by atoms with E-state index >= 15 is 0 Å². The van der Waals surface area contributed by atoms with E-state index in [1.165, 1.54) is 12.5 Å². The van der Waals surface area contributed by atoms with Crippen molar-refractivity contribution in [3.05, 3.63) is 27.7 Å². The lowest BCUT2D eigenvalue weighted by molar-refractivity contribution is 0.261. The lowest BCUT2D eigenvalue weighted by atomic mass is 9.95. The second-order valence-electron chi connectivity index (χ2n) is 5.48. The minimum Gasteiger partial charge on any atom is -0.207 e. The van der Waals surface area contributed by atoms with Crippen molar-refractivity contribution in [2.45, 2.75) is 56.9 Å². The molecule has 0 amide bonds. The fraction of sp³-hybridized carbons (Fsp3) is 0.600. The molecular formula is C15H21Cl2NO2S. The molecule has 0 N–H and O–H groups in total. The number of sulfonamides is 1. The highest BCUT2D eigenvalue weighted by Crippen LogP contribution is 2.34. The SMILES string of the molecule is CCN(C1CCCCC1)S(=O)(=O)c1ccc(Cl)c(C)c1Cl. The highest BCUT2D eigenvalue weighted by atomic mass is 35.5. The molecule has 0 aliphatic heterocycles. The normalized spacial score (nSPS) is 17.4. The predicted molar refractivity (Wildman–Crippen MR) is 87.6 cm³/mol. The maximum absolute atomic E-state index is 12.9. The molecule has 2 rings (SSSR count). The molecular weight excluding hydrogens is 329 g/mol. The molecule has 0 bridgehead atoms. The standard InChI is InChI=1S/C15H21Cl2NO2S/c1-3-18(12-7-5-4-6-8-12)21(19,20)14-10-9-13(16)11(2)15(14)17/h9-10,12H,3-8H2,1-2H3. The minimum absolute atomic E-state index is 0.0841. The van der Waals surface area contributed by atoms with Crippen molar-refractivity contribution in [1.82, 2.24) is 4.31 Å². The molecule has 1 fully saturated rings. The summed E-state index contributed by atoms with van der Waals surface area (Å²) in [5.74, 6) is 0. The summed E-state index contributed by atoms with van der Waals surface area (Å²) in [4.78, 5) is 0.165. The second-order valence-corrected chi connectivity index (χ2v) is 8.13. The Hall–Kier alpha value is -0.290. The van der Waals surface area contributed by atoms with Crippen LogP contribution < -0.4 is 0 Å². The third-order valence-corrected chi connectivity index (χ3v) is 7.24. The second kappa shape index (κ2) is 6.86. The van der Waals surface area contributed by atoms with E-state index in [2.05, 4.69) is 0 Å². The molecule has 1 aromatic carbocycles. The predicted octanol–water partition coefficient (Wildman–Crippen LogP) is 4.65. The summed E-state index contributed by atoms with van der Waals surface area (Å²) in [5.41, 5.74) is 0.610. The van der Waals surface area contributed by atoms with E-state index in [0.717, 1.165) is 25.7 Å². The Morgan fingerprint density at radius 3 is 2.38 bits per heavy atom. The van der Waals surface area contributed by atoms with Crippen molar-refractivity contribution < 1.29 is 8.42 Å². The van der Waals surface area contributed by atoms with Gasteiger partial charge in [0.05, 0.1) is 5.02 Å². The maximum Gasteiger partial charge on any atom is 0.244 e. The molecule has 1 aliphatic rings. The van der Waals surface area contributed by atoms with Crippen LogP contribution in [0.5, 0.6) is 0 Å². The van der Waals surface area contributed by atoms with Gasteiger partial charge in [0.1, 0.15) is 4.90 Å². The largest absolute Gasteiger partial charge is 0.244 e. The van der Waals surface area contributed by atoms with Gasteiger partial charge in [-0.3, -0.25) is 0 Å². The van der Waals surface area contributed by atoms with Gasteiger partial charge in [-0.15, -0.1) is 0 Å². The molecule has 0 spiro atoms. The molecule has 1 saturated carbocycles. The monoisotopic (exact) mass is 349 g/mol. The van der Waals surface area contributed by atoms with E-state index in [-0.39, 0.29) is 16.0 Å². The lowest BCUT2D eigenvalue weighted by Gasteiger charge is -2.33. The van der Waals surface area contributed by atoms with Crippen LogP contribution in [0.15, 0.2) is 17.0 Å². The summed E-state index contributed by atoms with van der Waals surface area (Å²) in [6.07, 6.45) is 5.22. The van der Waals surface area contributed by atoms with Crippen LogP contribution in [0.4, 0.5) is 0 Å². The summed E-state index contributed by atoms with van der Waals surface area (Å²) in [5, 5.41) is 0.719. The smallest absolute Gasteiger partial charge is 0.207 e. The summed E-state index contributed by atoms with van der Waals surface area (Å²) >= 11 is 12.2. The van der Waals surface area contributed by atoms with Gasteiger partial charge in [-0.2, -0.15) is 4.31 Å². The zero-order valence-corrected chi connectivity index (χ0v) is 14.7. The molecule has 1 aromatic rings. The topological polar surface area (TPSA) is 37.4 Å². The highest BCUT2D eigenvalue weighted by molar-refractivity contribution is 7.89. The minimum atomic E-state index is -3.58. The molecule has 21 heavy (non-hydrogen) atoms. The molecule has 0 aromatic heterocycles. The van der Waals surface area contributed by atoms with Crippen LogP contribution in [0.2, 0.25) is 10.0 Å². The Balaban J connectivity index is 2.42. The molecule has 0 unspecified atom stereocenters. The Labute approximate surface area is 137 Å². The lowest BCUT2D eigenvalue weighted by Crippen LogP contribution is -2.41. The fourth-order valence-corrected chi connectivity index (χ4v) is 5.43. The molecule has 0 saturated heterocycles. The quantitative estimate of drug-likeness (QED) is 0.793. The van der Waals surface area contributed by atoms with Gasteiger partial charge in [0.2, 0.25) is 10.0 Å². The Kier molecular flexibility index (Phi) is 5.58. The van der Waals surface area contributed by atoms with Crippen LogP contribution in [0.1, 0.15) is 44.6 Å². The van der Waals surface area contributed by atoms with Crippen LogP contribution in [-0.4, -0.2) is 25.3 Å². The van der Waals surface area contributed by atoms with Crippen LogP contribution in [0.3, 0.4) is 0 Å². The van der Waals surface area contributed by atoms with Gasteiger partial charge in [0, 0.05) is 17.6 Å². The summed E-state index contributed by atoms with van der Waals surface area (Å²) in [6, 6.07) is 3.20. The summed E-state index contributed by atoms with van der Waals surface area (Å²) < 4.78 is 27.5. The number of rotatable bonds is 4. The van der Waals surface area contributed by atoms with Gasteiger partial charge in [-0.05, 0) is 37.5 Å². The van der Waals surface area contributed by atoms with Crippen molar-refractivity contribution >= 4 is 33.2 Å². The molecule has 6 heteroatoms. The average molecular weight is 350 g/mol. The van der Waals surface area contributed by atoms with E-state index in [1.54, 1.807) is 17.3 Å². The Bertz CT molecular complexity index is 610. The van der Waals surface area contributed by atoms with Crippen LogP contribution in [0, 0.1) is 6.92 Å². The number of hydrogen-bond donors (Lipinski definition) is 0. The van der Waals surface area contributed by atoms with Gasteiger partial charge in [-0.25, -0.2) is 8.42 Å². The highest BCUT2D eigenvalue weighted by Gasteiger charge is 2.32. The van der Waals surface area contributed by atoms with Gasteiger partial charge in [0.25, 0.3) is 0 Å². The molecule has 0 radical (unpaired) electrons. The van der Waals surface area contributed by atoms with Gasteiger partial charge in [-0.1, -0.05) is 49.4 Å². The first-order valence-corrected chi connectivity index (χ1v) is 9.55. The number of nitrogens with zero attached hydrogens (tertiary/aromatic N) is 1. The van der Waals surface area contributed by atoms with Crippen molar-refractivity contribution in [3.8, 4) is 0 Å².